The van der Waals surface area contributed by atoms with Crippen molar-refractivity contribution in [2.75, 3.05) is 59.0 Å². The highest BCUT2D eigenvalue weighted by Crippen LogP contribution is 2.36. The van der Waals surface area contributed by atoms with Crippen molar-refractivity contribution in [2.45, 2.75) is 13.0 Å². The lowest BCUT2D eigenvalue weighted by molar-refractivity contribution is -0.153. The van der Waals surface area contributed by atoms with Crippen LogP contribution in [0.3, 0.4) is 0 Å². The fourth-order valence-electron chi connectivity index (χ4n) is 4.55. The molecule has 1 N–H and O–H groups in total. The number of rotatable bonds is 7. The maximum atomic E-state index is 13.2. The number of esters is 1. The number of anilines is 1. The zero-order valence-electron chi connectivity index (χ0n) is 21.0. The van der Waals surface area contributed by atoms with Crippen molar-refractivity contribution in [1.82, 2.24) is 10.2 Å². The molecule has 0 aromatic heterocycles. The number of nitrogens with zero attached hydrogens (tertiary/aromatic N) is 3. The smallest absolute Gasteiger partial charge is 0.321 e. The minimum absolute atomic E-state index is 0.169. The van der Waals surface area contributed by atoms with Gasteiger partial charge in [-0.15, -0.1) is 0 Å². The lowest BCUT2D eigenvalue weighted by Gasteiger charge is -2.40. The predicted octanol–water partition coefficient (Wildman–Crippen LogP) is 2.24. The summed E-state index contributed by atoms with van der Waals surface area (Å²) in [4.78, 5) is 35.1. The molecule has 2 heterocycles. The summed E-state index contributed by atoms with van der Waals surface area (Å²) in [6.45, 7) is 4.59. The molecular weight excluding hydrogens is 464 g/mol. The van der Waals surface area contributed by atoms with Gasteiger partial charge in [0.15, 0.2) is 17.4 Å². The molecule has 2 aromatic rings. The molecule has 2 aromatic carbocycles. The van der Waals surface area contributed by atoms with Gasteiger partial charge in [0.25, 0.3) is 0 Å². The molecule has 0 bridgehead atoms. The maximum Gasteiger partial charge on any atom is 0.321 e. The number of hydrogen-bond donors (Lipinski definition) is 1. The van der Waals surface area contributed by atoms with Crippen molar-refractivity contribution in [3.8, 4) is 17.2 Å². The number of para-hydroxylation sites is 2. The zero-order valence-corrected chi connectivity index (χ0v) is 21.0. The van der Waals surface area contributed by atoms with E-state index in [0.29, 0.717) is 36.1 Å². The number of piperazine rings is 1. The number of ether oxygens (including phenoxy) is 4. The first-order chi connectivity index (χ1) is 17.5. The molecule has 10 nitrogen and oxygen atoms in total. The number of aliphatic imine (C=N–C) groups is 1. The first-order valence-corrected chi connectivity index (χ1v) is 11.9. The van der Waals surface area contributed by atoms with Crippen LogP contribution >= 0.6 is 0 Å². The van der Waals surface area contributed by atoms with Gasteiger partial charge in [-0.05, 0) is 36.8 Å². The van der Waals surface area contributed by atoms with Gasteiger partial charge in [0, 0.05) is 26.2 Å². The third-order valence-electron chi connectivity index (χ3n) is 6.39. The second kappa shape index (κ2) is 11.2. The van der Waals surface area contributed by atoms with Crippen molar-refractivity contribution >= 4 is 23.5 Å². The number of hydrogen-bond acceptors (Lipinski definition) is 9. The van der Waals surface area contributed by atoms with Crippen LogP contribution in [0.4, 0.5) is 5.69 Å². The van der Waals surface area contributed by atoms with E-state index in [0.717, 1.165) is 24.5 Å². The quantitative estimate of drug-likeness (QED) is 0.460. The average Bonchev–Trinajstić information content (AvgIpc) is 2.92. The van der Waals surface area contributed by atoms with Crippen LogP contribution in [0.1, 0.15) is 18.5 Å². The molecule has 0 saturated carbocycles. The van der Waals surface area contributed by atoms with Gasteiger partial charge < -0.3 is 28.7 Å². The van der Waals surface area contributed by atoms with Gasteiger partial charge in [-0.3, -0.25) is 14.9 Å². The number of carbonyl (C=O) groups excluding carboxylic acids is 2. The van der Waals surface area contributed by atoms with Crippen molar-refractivity contribution < 1.29 is 28.5 Å². The first kappa shape index (κ1) is 25.2. The van der Waals surface area contributed by atoms with E-state index in [2.05, 4.69) is 10.2 Å². The summed E-state index contributed by atoms with van der Waals surface area (Å²) in [5, 5.41) is 2.84. The van der Waals surface area contributed by atoms with Crippen LogP contribution in [0.15, 0.2) is 47.5 Å². The number of methoxy groups -OCH3 is 3. The van der Waals surface area contributed by atoms with Gasteiger partial charge in [-0.25, -0.2) is 4.99 Å². The van der Waals surface area contributed by atoms with E-state index in [9.17, 15) is 9.59 Å². The molecule has 10 heteroatoms. The predicted molar refractivity (Wildman–Crippen MR) is 135 cm³/mol. The standard InChI is InChI=1S/C26H32N4O6/c1-5-36-25(32)22-23(17-10-11-20(34-3)21(16-17)35-4)27-26(28-24(22)31)30-14-12-29(13-15-30)18-8-6-7-9-19(18)33-2/h6-11,16,22-23H,5,12-15H2,1-4H3,(H,27,28,31)/t22-,23+/m0/s1. The van der Waals surface area contributed by atoms with E-state index in [1.165, 1.54) is 7.11 Å². The Bertz CT molecular complexity index is 1130. The largest absolute Gasteiger partial charge is 0.495 e. The molecule has 1 saturated heterocycles. The molecule has 0 radical (unpaired) electrons. The maximum absolute atomic E-state index is 13.2. The average molecular weight is 497 g/mol. The van der Waals surface area contributed by atoms with Crippen molar-refractivity contribution in [3.05, 3.63) is 48.0 Å². The minimum atomic E-state index is -1.11. The molecule has 0 aliphatic carbocycles. The Kier molecular flexibility index (Phi) is 7.82. The van der Waals surface area contributed by atoms with Crippen LogP contribution in [0, 0.1) is 5.92 Å². The fourth-order valence-corrected chi connectivity index (χ4v) is 4.55. The van der Waals surface area contributed by atoms with E-state index >= 15 is 0 Å². The lowest BCUT2D eigenvalue weighted by atomic mass is 9.91. The summed E-state index contributed by atoms with van der Waals surface area (Å²) in [6.07, 6.45) is 0. The Morgan fingerprint density at radius 2 is 1.61 bits per heavy atom. The summed E-state index contributed by atoms with van der Waals surface area (Å²) in [7, 11) is 4.75. The Morgan fingerprint density at radius 1 is 0.944 bits per heavy atom. The van der Waals surface area contributed by atoms with Gasteiger partial charge in [0.05, 0.1) is 33.6 Å². The van der Waals surface area contributed by atoms with Crippen LogP contribution in [-0.2, 0) is 14.3 Å². The minimum Gasteiger partial charge on any atom is -0.495 e. The third kappa shape index (κ3) is 5.02. The molecule has 192 valence electrons. The van der Waals surface area contributed by atoms with E-state index < -0.39 is 23.8 Å². The van der Waals surface area contributed by atoms with Crippen LogP contribution in [0.25, 0.3) is 0 Å². The summed E-state index contributed by atoms with van der Waals surface area (Å²) in [5.41, 5.74) is 1.69. The Hall–Kier alpha value is -3.95. The van der Waals surface area contributed by atoms with E-state index in [4.69, 9.17) is 23.9 Å². The monoisotopic (exact) mass is 496 g/mol. The second-order valence-electron chi connectivity index (χ2n) is 8.38. The molecule has 2 atom stereocenters. The van der Waals surface area contributed by atoms with Crippen LogP contribution in [-0.4, -0.2) is 76.9 Å². The molecule has 2 aliphatic rings. The molecular formula is C26H32N4O6. The van der Waals surface area contributed by atoms with Gasteiger partial charge in [-0.2, -0.15) is 0 Å². The van der Waals surface area contributed by atoms with Gasteiger partial charge in [0.1, 0.15) is 11.8 Å². The summed E-state index contributed by atoms with van der Waals surface area (Å²) in [5.74, 6) is 0.141. The number of guanidine groups is 1. The number of carbonyl (C=O) groups is 2. The highest BCUT2D eigenvalue weighted by atomic mass is 16.5. The van der Waals surface area contributed by atoms with Crippen molar-refractivity contribution in [2.24, 2.45) is 10.9 Å². The summed E-state index contributed by atoms with van der Waals surface area (Å²) in [6, 6.07) is 12.4. The van der Waals surface area contributed by atoms with Crippen molar-refractivity contribution in [1.29, 1.82) is 0 Å². The van der Waals surface area contributed by atoms with E-state index in [1.807, 2.05) is 29.2 Å². The highest BCUT2D eigenvalue weighted by molar-refractivity contribution is 6.08. The summed E-state index contributed by atoms with van der Waals surface area (Å²) < 4.78 is 21.5. The molecule has 1 amide bonds. The Balaban J connectivity index is 1.61. The highest BCUT2D eigenvalue weighted by Gasteiger charge is 2.42. The number of nitrogens with one attached hydrogen (secondary N) is 1. The number of benzene rings is 2. The number of amides is 1. The SMILES string of the molecule is CCOC(=O)[C@@H]1C(=O)NC(N2CCN(c3ccccc3OC)CC2)=N[C@@H]1c1ccc(OC)c(OC)c1. The normalized spacial score (nSPS) is 19.8. The first-order valence-electron chi connectivity index (χ1n) is 11.9. The van der Waals surface area contributed by atoms with E-state index in [1.54, 1.807) is 39.3 Å². The second-order valence-corrected chi connectivity index (χ2v) is 8.38. The molecule has 1 fully saturated rings. The Labute approximate surface area is 210 Å². The van der Waals surface area contributed by atoms with Crippen LogP contribution < -0.4 is 24.4 Å². The molecule has 0 unspecified atom stereocenters. The van der Waals surface area contributed by atoms with Crippen molar-refractivity contribution in [3.63, 3.8) is 0 Å². The molecule has 4 rings (SSSR count). The molecule has 36 heavy (non-hydrogen) atoms. The molecule has 0 spiro atoms. The lowest BCUT2D eigenvalue weighted by Crippen LogP contribution is -2.57. The van der Waals surface area contributed by atoms with Crippen LogP contribution in [0.2, 0.25) is 0 Å². The summed E-state index contributed by atoms with van der Waals surface area (Å²) >= 11 is 0. The zero-order chi connectivity index (χ0) is 25.7. The van der Waals surface area contributed by atoms with E-state index in [-0.39, 0.29) is 6.61 Å². The van der Waals surface area contributed by atoms with Gasteiger partial charge >= 0.3 is 5.97 Å². The van der Waals surface area contributed by atoms with Crippen LogP contribution in [0.5, 0.6) is 17.2 Å². The third-order valence-corrected chi connectivity index (χ3v) is 6.39. The fraction of sp³-hybridized carbons (Fsp3) is 0.423. The van der Waals surface area contributed by atoms with Gasteiger partial charge in [-0.1, -0.05) is 18.2 Å². The molecule has 2 aliphatic heterocycles. The van der Waals surface area contributed by atoms with Gasteiger partial charge in [0.2, 0.25) is 11.9 Å². The Morgan fingerprint density at radius 3 is 2.28 bits per heavy atom. The topological polar surface area (TPSA) is 102 Å².